The molecule has 1 amide bonds. The summed E-state index contributed by atoms with van der Waals surface area (Å²) in [5, 5.41) is 9.53. The molecule has 0 unspecified atom stereocenters. The molecule has 1 aliphatic heterocycles. The van der Waals surface area contributed by atoms with Crippen LogP contribution in [0.1, 0.15) is 15.9 Å². The Kier molecular flexibility index (Phi) is 6.55. The molecule has 0 saturated carbocycles. The number of nitriles is 1. The second-order valence-electron chi connectivity index (χ2n) is 7.10. The molecular formula is C23H20N4O3S2. The highest BCUT2D eigenvalue weighted by atomic mass is 32.2. The Balaban J connectivity index is 1.46. The number of rotatable bonds is 5. The highest BCUT2D eigenvalue weighted by Crippen LogP contribution is 2.29. The number of nitrogens with zero attached hydrogens (tertiary/aromatic N) is 4. The zero-order chi connectivity index (χ0) is 22.6. The van der Waals surface area contributed by atoms with Gasteiger partial charge < -0.3 is 4.90 Å². The van der Waals surface area contributed by atoms with Gasteiger partial charge in [-0.1, -0.05) is 30.0 Å². The number of pyridine rings is 1. The highest BCUT2D eigenvalue weighted by molar-refractivity contribution is 7.99. The maximum Gasteiger partial charge on any atom is 0.256 e. The minimum Gasteiger partial charge on any atom is -0.336 e. The minimum atomic E-state index is -3.68. The van der Waals surface area contributed by atoms with Crippen LogP contribution in [-0.4, -0.2) is 54.7 Å². The van der Waals surface area contributed by atoms with Crippen molar-refractivity contribution < 1.29 is 13.2 Å². The molecule has 2 heterocycles. The first-order valence-corrected chi connectivity index (χ1v) is 12.2. The van der Waals surface area contributed by atoms with Crippen molar-refractivity contribution in [1.29, 1.82) is 5.26 Å². The van der Waals surface area contributed by atoms with Gasteiger partial charge in [0.15, 0.2) is 0 Å². The van der Waals surface area contributed by atoms with Gasteiger partial charge in [-0.25, -0.2) is 13.4 Å². The number of carbonyl (C=O) groups excluding carboxylic acids is 1. The van der Waals surface area contributed by atoms with Crippen LogP contribution in [0.3, 0.4) is 0 Å². The molecule has 0 spiro atoms. The van der Waals surface area contributed by atoms with Gasteiger partial charge in [-0.15, -0.1) is 0 Å². The number of carbonyl (C=O) groups is 1. The summed E-state index contributed by atoms with van der Waals surface area (Å²) < 4.78 is 27.2. The molecule has 2 aromatic carbocycles. The van der Waals surface area contributed by atoms with Crippen LogP contribution < -0.4 is 0 Å². The van der Waals surface area contributed by atoms with Crippen LogP contribution >= 0.6 is 11.8 Å². The van der Waals surface area contributed by atoms with Crippen LogP contribution in [0.25, 0.3) is 0 Å². The summed E-state index contributed by atoms with van der Waals surface area (Å²) in [6, 6.07) is 21.0. The van der Waals surface area contributed by atoms with Crippen LogP contribution in [0.15, 0.2) is 87.7 Å². The summed E-state index contributed by atoms with van der Waals surface area (Å²) in [6.07, 6.45) is 1.66. The number of hydrogen-bond acceptors (Lipinski definition) is 6. The highest BCUT2D eigenvalue weighted by Gasteiger charge is 2.31. The first-order valence-electron chi connectivity index (χ1n) is 9.96. The number of hydrogen-bond donors (Lipinski definition) is 0. The zero-order valence-electron chi connectivity index (χ0n) is 17.1. The summed E-state index contributed by atoms with van der Waals surface area (Å²) in [7, 11) is -3.68. The summed E-state index contributed by atoms with van der Waals surface area (Å²) in [6.45, 7) is 0.988. The van der Waals surface area contributed by atoms with Crippen molar-refractivity contribution in [3.63, 3.8) is 0 Å². The summed E-state index contributed by atoms with van der Waals surface area (Å²) in [5.74, 6) is -0.160. The van der Waals surface area contributed by atoms with Gasteiger partial charge >= 0.3 is 0 Å². The third-order valence-electron chi connectivity index (χ3n) is 5.11. The molecule has 0 atom stereocenters. The molecule has 32 heavy (non-hydrogen) atoms. The minimum absolute atomic E-state index is 0.144. The van der Waals surface area contributed by atoms with Crippen molar-refractivity contribution >= 4 is 27.7 Å². The summed E-state index contributed by atoms with van der Waals surface area (Å²) in [4.78, 5) is 20.4. The number of sulfonamides is 1. The van der Waals surface area contributed by atoms with Crippen molar-refractivity contribution in [3.05, 3.63) is 84.1 Å². The molecule has 1 saturated heterocycles. The third kappa shape index (κ3) is 4.67. The average Bonchev–Trinajstić information content (AvgIpc) is 2.85. The average molecular weight is 465 g/mol. The van der Waals surface area contributed by atoms with Gasteiger partial charge in [0.25, 0.3) is 5.91 Å². The molecule has 3 aromatic rings. The Morgan fingerprint density at radius 3 is 2.28 bits per heavy atom. The van der Waals surface area contributed by atoms with Crippen molar-refractivity contribution in [1.82, 2.24) is 14.2 Å². The van der Waals surface area contributed by atoms with E-state index in [1.165, 1.54) is 40.3 Å². The van der Waals surface area contributed by atoms with E-state index in [4.69, 9.17) is 5.26 Å². The van der Waals surface area contributed by atoms with Gasteiger partial charge in [-0.2, -0.15) is 9.57 Å². The van der Waals surface area contributed by atoms with E-state index in [1.807, 2.05) is 36.4 Å². The van der Waals surface area contributed by atoms with Crippen LogP contribution in [0.4, 0.5) is 0 Å². The normalized spacial score (nSPS) is 14.7. The fourth-order valence-electron chi connectivity index (χ4n) is 3.39. The first kappa shape index (κ1) is 22.0. The standard InChI is InChI=1S/C23H20N4O3S2/c24-17-18-8-10-20(11-9-18)32(29,30)27-15-13-26(14-16-27)23(28)21-7-4-12-25-22(21)31-19-5-2-1-3-6-19/h1-12H,13-16H2. The van der Waals surface area contributed by atoms with Crippen LogP contribution in [0.2, 0.25) is 0 Å². The number of piperazine rings is 1. The fraction of sp³-hybridized carbons (Fsp3) is 0.174. The van der Waals surface area contributed by atoms with Crippen molar-refractivity contribution in [2.45, 2.75) is 14.8 Å². The summed E-state index contributed by atoms with van der Waals surface area (Å²) >= 11 is 1.42. The molecule has 1 aliphatic rings. The van der Waals surface area contributed by atoms with Crippen LogP contribution in [-0.2, 0) is 10.0 Å². The van der Waals surface area contributed by atoms with E-state index < -0.39 is 10.0 Å². The lowest BCUT2D eigenvalue weighted by atomic mass is 10.2. The third-order valence-corrected chi connectivity index (χ3v) is 8.05. The predicted molar refractivity (Wildman–Crippen MR) is 121 cm³/mol. The molecular weight excluding hydrogens is 444 g/mol. The SMILES string of the molecule is N#Cc1ccc(S(=O)(=O)N2CCN(C(=O)c3cccnc3Sc3ccccc3)CC2)cc1. The van der Waals surface area contributed by atoms with Gasteiger partial charge in [-0.05, 0) is 48.5 Å². The predicted octanol–water partition coefficient (Wildman–Crippen LogP) is 3.25. The topological polar surface area (TPSA) is 94.4 Å². The Labute approximate surface area is 191 Å². The van der Waals surface area contributed by atoms with Crippen LogP contribution in [0, 0.1) is 11.3 Å². The van der Waals surface area contributed by atoms with Crippen molar-refractivity contribution in [2.24, 2.45) is 0 Å². The first-order chi connectivity index (χ1) is 15.5. The van der Waals surface area contributed by atoms with Gasteiger partial charge in [-0.3, -0.25) is 4.79 Å². The van der Waals surface area contributed by atoms with E-state index in [2.05, 4.69) is 4.98 Å². The monoisotopic (exact) mass is 464 g/mol. The van der Waals surface area contributed by atoms with Crippen LogP contribution in [0.5, 0.6) is 0 Å². The second kappa shape index (κ2) is 9.53. The molecule has 0 bridgehead atoms. The van der Waals surface area contributed by atoms with E-state index in [-0.39, 0.29) is 23.9 Å². The van der Waals surface area contributed by atoms with E-state index in [0.717, 1.165) is 4.90 Å². The number of aromatic nitrogens is 1. The largest absolute Gasteiger partial charge is 0.336 e. The lowest BCUT2D eigenvalue weighted by Gasteiger charge is -2.34. The van der Waals surface area contributed by atoms with Crippen molar-refractivity contribution in [2.75, 3.05) is 26.2 Å². The maximum atomic E-state index is 13.2. The Hall–Kier alpha value is -3.19. The maximum absolute atomic E-state index is 13.2. The molecule has 0 radical (unpaired) electrons. The zero-order valence-corrected chi connectivity index (χ0v) is 18.7. The molecule has 4 rings (SSSR count). The van der Waals surface area contributed by atoms with Gasteiger partial charge in [0, 0.05) is 37.3 Å². The van der Waals surface area contributed by atoms with E-state index in [0.29, 0.717) is 29.2 Å². The molecule has 1 aromatic heterocycles. The van der Waals surface area contributed by atoms with Gasteiger partial charge in [0.2, 0.25) is 10.0 Å². The lowest BCUT2D eigenvalue weighted by molar-refractivity contribution is 0.0693. The van der Waals surface area contributed by atoms with Crippen molar-refractivity contribution in [3.8, 4) is 6.07 Å². The fourth-order valence-corrected chi connectivity index (χ4v) is 5.71. The lowest BCUT2D eigenvalue weighted by Crippen LogP contribution is -2.50. The van der Waals surface area contributed by atoms with E-state index in [9.17, 15) is 13.2 Å². The molecule has 7 nitrogen and oxygen atoms in total. The smallest absolute Gasteiger partial charge is 0.256 e. The van der Waals surface area contributed by atoms with E-state index in [1.54, 1.807) is 23.2 Å². The summed E-state index contributed by atoms with van der Waals surface area (Å²) in [5.41, 5.74) is 0.907. The molecule has 0 N–H and O–H groups in total. The molecule has 9 heteroatoms. The Bertz CT molecular complexity index is 1250. The Morgan fingerprint density at radius 1 is 0.938 bits per heavy atom. The molecule has 1 fully saturated rings. The Morgan fingerprint density at radius 2 is 1.62 bits per heavy atom. The number of amides is 1. The van der Waals surface area contributed by atoms with E-state index >= 15 is 0 Å². The second-order valence-corrected chi connectivity index (χ2v) is 10.1. The molecule has 0 aliphatic carbocycles. The quantitative estimate of drug-likeness (QED) is 0.575. The number of benzene rings is 2. The molecule has 162 valence electrons. The van der Waals surface area contributed by atoms with Gasteiger partial charge in [0.1, 0.15) is 5.03 Å². The van der Waals surface area contributed by atoms with Gasteiger partial charge in [0.05, 0.1) is 22.1 Å².